The number of H-pyrrole nitrogens is 1. The van der Waals surface area contributed by atoms with E-state index in [-0.39, 0.29) is 23.3 Å². The van der Waals surface area contributed by atoms with Crippen molar-refractivity contribution in [2.45, 2.75) is 37.6 Å². The van der Waals surface area contributed by atoms with E-state index >= 15 is 0 Å². The number of hydrogen-bond acceptors (Lipinski definition) is 6. The van der Waals surface area contributed by atoms with Crippen LogP contribution in [0, 0.1) is 6.92 Å². The molecule has 3 heterocycles. The maximum atomic E-state index is 12.5. The molecule has 138 valence electrons. The molecule has 1 N–H and O–H groups in total. The molecule has 1 atom stereocenters. The van der Waals surface area contributed by atoms with Crippen LogP contribution in [0.3, 0.4) is 0 Å². The van der Waals surface area contributed by atoms with Crippen LogP contribution in [0.1, 0.15) is 24.1 Å². The van der Waals surface area contributed by atoms with Gasteiger partial charge in [-0.3, -0.25) is 14.6 Å². The average molecular weight is 374 g/mol. The minimum Gasteiger partial charge on any atom is -0.372 e. The van der Waals surface area contributed by atoms with Gasteiger partial charge in [-0.2, -0.15) is 0 Å². The standard InChI is InChI=1S/C18H22N4O3S/c1-13-8-16(23)21-18(20-13)26-12-17(24)22-7-3-5-15(10-22)25-11-14-4-2-6-19-9-14/h2,4,6,8-9,15H,3,5,7,10-12H2,1H3,(H,20,21,23). The first-order valence-electron chi connectivity index (χ1n) is 8.59. The lowest BCUT2D eigenvalue weighted by molar-refractivity contribution is -0.132. The van der Waals surface area contributed by atoms with Gasteiger partial charge in [-0.25, -0.2) is 4.98 Å². The van der Waals surface area contributed by atoms with Crippen LogP contribution in [0.15, 0.2) is 40.5 Å². The minimum atomic E-state index is -0.200. The van der Waals surface area contributed by atoms with Crippen molar-refractivity contribution < 1.29 is 9.53 Å². The number of aromatic nitrogens is 3. The number of carbonyl (C=O) groups is 1. The summed E-state index contributed by atoms with van der Waals surface area (Å²) in [5.41, 5.74) is 1.47. The fraction of sp³-hybridized carbons (Fsp3) is 0.444. The molecule has 1 fully saturated rings. The molecule has 0 saturated carbocycles. The van der Waals surface area contributed by atoms with Gasteiger partial charge in [-0.05, 0) is 31.4 Å². The molecule has 1 aliphatic rings. The van der Waals surface area contributed by atoms with Crippen LogP contribution < -0.4 is 5.56 Å². The first-order chi connectivity index (χ1) is 12.6. The fourth-order valence-electron chi connectivity index (χ4n) is 2.84. The highest BCUT2D eigenvalue weighted by Crippen LogP contribution is 2.18. The van der Waals surface area contributed by atoms with Gasteiger partial charge in [0.25, 0.3) is 5.56 Å². The van der Waals surface area contributed by atoms with E-state index in [0.29, 0.717) is 24.0 Å². The second kappa shape index (κ2) is 8.95. The molecular formula is C18H22N4O3S. The Bertz CT molecular complexity index is 797. The Hall–Kier alpha value is -2.19. The monoisotopic (exact) mass is 374 g/mol. The lowest BCUT2D eigenvalue weighted by Crippen LogP contribution is -2.44. The molecule has 8 heteroatoms. The number of aryl methyl sites for hydroxylation is 1. The van der Waals surface area contributed by atoms with E-state index in [1.165, 1.54) is 17.8 Å². The SMILES string of the molecule is Cc1cc(=O)[nH]c(SCC(=O)N2CCCC(OCc3cccnc3)C2)n1. The van der Waals surface area contributed by atoms with Crippen LogP contribution >= 0.6 is 11.8 Å². The van der Waals surface area contributed by atoms with Crippen molar-refractivity contribution >= 4 is 17.7 Å². The van der Waals surface area contributed by atoms with Gasteiger partial charge < -0.3 is 14.6 Å². The number of carbonyl (C=O) groups excluding carboxylic acids is 1. The van der Waals surface area contributed by atoms with Gasteiger partial charge in [0.2, 0.25) is 5.91 Å². The summed E-state index contributed by atoms with van der Waals surface area (Å²) >= 11 is 1.26. The van der Waals surface area contributed by atoms with E-state index in [1.807, 2.05) is 17.0 Å². The van der Waals surface area contributed by atoms with Gasteiger partial charge in [0.05, 0.1) is 18.5 Å². The fourth-order valence-corrected chi connectivity index (χ4v) is 3.66. The van der Waals surface area contributed by atoms with Crippen LogP contribution in [-0.4, -0.2) is 50.7 Å². The number of nitrogens with one attached hydrogen (secondary N) is 1. The number of thioether (sulfide) groups is 1. The van der Waals surface area contributed by atoms with E-state index in [2.05, 4.69) is 15.0 Å². The highest BCUT2D eigenvalue weighted by molar-refractivity contribution is 7.99. The van der Waals surface area contributed by atoms with Crippen LogP contribution in [0.5, 0.6) is 0 Å². The molecule has 1 saturated heterocycles. The molecule has 0 spiro atoms. The lowest BCUT2D eigenvalue weighted by atomic mass is 10.1. The Morgan fingerprint density at radius 3 is 3.15 bits per heavy atom. The van der Waals surface area contributed by atoms with Crippen molar-refractivity contribution in [1.82, 2.24) is 19.9 Å². The predicted molar refractivity (Wildman–Crippen MR) is 98.9 cm³/mol. The van der Waals surface area contributed by atoms with Gasteiger partial charge in [-0.15, -0.1) is 0 Å². The first-order valence-corrected chi connectivity index (χ1v) is 9.58. The van der Waals surface area contributed by atoms with E-state index in [9.17, 15) is 9.59 Å². The average Bonchev–Trinajstić information content (AvgIpc) is 2.65. The van der Waals surface area contributed by atoms with Crippen LogP contribution in [0.2, 0.25) is 0 Å². The summed E-state index contributed by atoms with van der Waals surface area (Å²) in [6, 6.07) is 5.29. The molecule has 2 aromatic heterocycles. The molecule has 0 aromatic carbocycles. The second-order valence-corrected chi connectivity index (χ2v) is 7.22. The van der Waals surface area contributed by atoms with E-state index in [0.717, 1.165) is 24.9 Å². The van der Waals surface area contributed by atoms with Gasteiger partial charge in [0.15, 0.2) is 5.16 Å². The third-order valence-electron chi connectivity index (χ3n) is 4.12. The summed E-state index contributed by atoms with van der Waals surface area (Å²) < 4.78 is 5.94. The van der Waals surface area contributed by atoms with Gasteiger partial charge in [0, 0.05) is 37.2 Å². The van der Waals surface area contributed by atoms with Crippen LogP contribution in [0.4, 0.5) is 0 Å². The zero-order valence-electron chi connectivity index (χ0n) is 14.7. The van der Waals surface area contributed by atoms with Crippen molar-refractivity contribution in [2.75, 3.05) is 18.8 Å². The Morgan fingerprint density at radius 1 is 1.50 bits per heavy atom. The number of piperidine rings is 1. The Balaban J connectivity index is 1.48. The highest BCUT2D eigenvalue weighted by atomic mass is 32.2. The number of aromatic amines is 1. The van der Waals surface area contributed by atoms with Crippen molar-refractivity contribution in [3.8, 4) is 0 Å². The molecule has 1 aliphatic heterocycles. The summed E-state index contributed by atoms with van der Waals surface area (Å²) in [7, 11) is 0. The molecule has 1 amide bonds. The maximum absolute atomic E-state index is 12.5. The van der Waals surface area contributed by atoms with Crippen LogP contribution in [-0.2, 0) is 16.1 Å². The normalized spacial score (nSPS) is 17.3. The number of nitrogens with zero attached hydrogens (tertiary/aromatic N) is 3. The molecule has 0 aliphatic carbocycles. The molecule has 2 aromatic rings. The van der Waals surface area contributed by atoms with Crippen molar-refractivity contribution in [1.29, 1.82) is 0 Å². The molecule has 26 heavy (non-hydrogen) atoms. The smallest absolute Gasteiger partial charge is 0.251 e. The third-order valence-corrected chi connectivity index (χ3v) is 4.98. The second-order valence-electron chi connectivity index (χ2n) is 6.26. The zero-order chi connectivity index (χ0) is 18.4. The van der Waals surface area contributed by atoms with Crippen molar-refractivity contribution in [2.24, 2.45) is 0 Å². The molecule has 0 radical (unpaired) electrons. The summed E-state index contributed by atoms with van der Waals surface area (Å²) in [4.78, 5) is 36.7. The summed E-state index contributed by atoms with van der Waals surface area (Å²) in [6.07, 6.45) is 5.43. The summed E-state index contributed by atoms with van der Waals surface area (Å²) in [5.74, 6) is 0.288. The van der Waals surface area contributed by atoms with Crippen molar-refractivity contribution in [3.63, 3.8) is 0 Å². The maximum Gasteiger partial charge on any atom is 0.251 e. The quantitative estimate of drug-likeness (QED) is 0.612. The summed E-state index contributed by atoms with van der Waals surface area (Å²) in [6.45, 7) is 3.60. The number of hydrogen-bond donors (Lipinski definition) is 1. The Morgan fingerprint density at radius 2 is 2.38 bits per heavy atom. The Labute approximate surface area is 156 Å². The molecular weight excluding hydrogens is 352 g/mol. The predicted octanol–water partition coefficient (Wildman–Crippen LogP) is 1.77. The number of ether oxygens (including phenoxy) is 1. The molecule has 0 bridgehead atoms. The molecule has 1 unspecified atom stereocenters. The summed E-state index contributed by atoms with van der Waals surface area (Å²) in [5, 5.41) is 0.477. The van der Waals surface area contributed by atoms with Gasteiger partial charge in [0.1, 0.15) is 0 Å². The number of likely N-dealkylation sites (tertiary alicyclic amines) is 1. The highest BCUT2D eigenvalue weighted by Gasteiger charge is 2.24. The minimum absolute atomic E-state index is 0.0360. The third kappa shape index (κ3) is 5.40. The topological polar surface area (TPSA) is 88.2 Å². The number of amides is 1. The first kappa shape index (κ1) is 18.6. The Kier molecular flexibility index (Phi) is 6.40. The van der Waals surface area contributed by atoms with E-state index in [1.54, 1.807) is 19.3 Å². The van der Waals surface area contributed by atoms with Gasteiger partial charge >= 0.3 is 0 Å². The number of rotatable bonds is 6. The zero-order valence-corrected chi connectivity index (χ0v) is 15.5. The van der Waals surface area contributed by atoms with Crippen LogP contribution in [0.25, 0.3) is 0 Å². The van der Waals surface area contributed by atoms with Crippen molar-refractivity contribution in [3.05, 3.63) is 52.2 Å². The molecule has 7 nitrogen and oxygen atoms in total. The van der Waals surface area contributed by atoms with E-state index < -0.39 is 0 Å². The van der Waals surface area contributed by atoms with Gasteiger partial charge in [-0.1, -0.05) is 17.8 Å². The largest absolute Gasteiger partial charge is 0.372 e. The number of pyridine rings is 1. The molecule has 3 rings (SSSR count). The lowest BCUT2D eigenvalue weighted by Gasteiger charge is -2.32. The van der Waals surface area contributed by atoms with E-state index in [4.69, 9.17) is 4.74 Å².